The molecule has 0 aliphatic heterocycles. The summed E-state index contributed by atoms with van der Waals surface area (Å²) in [6, 6.07) is 3.44. The third-order valence-corrected chi connectivity index (χ3v) is 2.28. The van der Waals surface area contributed by atoms with E-state index in [2.05, 4.69) is 15.9 Å². The minimum Gasteiger partial charge on any atom is -0.303 e. The molecule has 0 saturated heterocycles. The first-order valence-corrected chi connectivity index (χ1v) is 4.82. The topological polar surface area (TPSA) is 17.1 Å². The molecule has 0 amide bonds. The number of benzene rings is 1. The van der Waals surface area contributed by atoms with E-state index < -0.39 is 0 Å². The molecular weight excluding hydrogens is 235 g/mol. The first-order valence-electron chi connectivity index (χ1n) is 4.03. The SMILES string of the molecule is Cc1cc(Br)cc(CCC=O)c1F. The molecule has 0 radical (unpaired) electrons. The van der Waals surface area contributed by atoms with Crippen LogP contribution < -0.4 is 0 Å². The Morgan fingerprint density at radius 1 is 1.54 bits per heavy atom. The van der Waals surface area contributed by atoms with E-state index in [1.165, 1.54) is 0 Å². The van der Waals surface area contributed by atoms with Crippen molar-refractivity contribution < 1.29 is 9.18 Å². The number of hydrogen-bond acceptors (Lipinski definition) is 1. The van der Waals surface area contributed by atoms with Gasteiger partial charge >= 0.3 is 0 Å². The zero-order valence-corrected chi connectivity index (χ0v) is 8.90. The number of aryl methyl sites for hydroxylation is 2. The Hall–Kier alpha value is -0.700. The Balaban J connectivity index is 2.98. The second-order valence-corrected chi connectivity index (χ2v) is 3.82. The Morgan fingerprint density at radius 2 is 2.23 bits per heavy atom. The predicted molar refractivity (Wildman–Crippen MR) is 53.2 cm³/mol. The van der Waals surface area contributed by atoms with Gasteiger partial charge in [0, 0.05) is 10.9 Å². The first-order chi connectivity index (χ1) is 6.15. The van der Waals surface area contributed by atoms with Gasteiger partial charge < -0.3 is 4.79 Å². The molecule has 1 nitrogen and oxygen atoms in total. The fraction of sp³-hybridized carbons (Fsp3) is 0.300. The summed E-state index contributed by atoms with van der Waals surface area (Å²) >= 11 is 3.28. The molecule has 1 aromatic rings. The average molecular weight is 245 g/mol. The maximum absolute atomic E-state index is 13.4. The molecule has 0 unspecified atom stereocenters. The van der Waals surface area contributed by atoms with Crippen LogP contribution >= 0.6 is 15.9 Å². The van der Waals surface area contributed by atoms with Gasteiger partial charge in [-0.2, -0.15) is 0 Å². The molecule has 0 heterocycles. The zero-order valence-electron chi connectivity index (χ0n) is 7.31. The van der Waals surface area contributed by atoms with Crippen LogP contribution in [0.1, 0.15) is 17.5 Å². The maximum atomic E-state index is 13.4. The molecule has 13 heavy (non-hydrogen) atoms. The number of hydrogen-bond donors (Lipinski definition) is 0. The van der Waals surface area contributed by atoms with E-state index in [1.54, 1.807) is 19.1 Å². The number of carbonyl (C=O) groups is 1. The predicted octanol–water partition coefficient (Wildman–Crippen LogP) is 3.03. The summed E-state index contributed by atoms with van der Waals surface area (Å²) in [5.41, 5.74) is 1.20. The number of rotatable bonds is 3. The van der Waals surface area contributed by atoms with E-state index in [0.717, 1.165) is 10.8 Å². The minimum absolute atomic E-state index is 0.204. The van der Waals surface area contributed by atoms with Crippen molar-refractivity contribution in [1.29, 1.82) is 0 Å². The molecule has 3 heteroatoms. The summed E-state index contributed by atoms with van der Waals surface area (Å²) in [6.07, 6.45) is 1.64. The summed E-state index contributed by atoms with van der Waals surface area (Å²) in [5, 5.41) is 0. The zero-order chi connectivity index (χ0) is 9.84. The van der Waals surface area contributed by atoms with E-state index in [1.807, 2.05) is 0 Å². The lowest BCUT2D eigenvalue weighted by molar-refractivity contribution is -0.107. The first kappa shape index (κ1) is 10.4. The molecule has 70 valence electrons. The fourth-order valence-electron chi connectivity index (χ4n) is 1.19. The molecule has 0 aliphatic rings. The molecule has 0 atom stereocenters. The van der Waals surface area contributed by atoms with Gasteiger partial charge in [-0.3, -0.25) is 0 Å². The van der Waals surface area contributed by atoms with Crippen LogP contribution in [0, 0.1) is 12.7 Å². The molecule has 1 rings (SSSR count). The average Bonchev–Trinajstić information content (AvgIpc) is 2.09. The molecule has 0 N–H and O–H groups in total. The highest BCUT2D eigenvalue weighted by Crippen LogP contribution is 2.20. The third kappa shape index (κ3) is 2.62. The Bertz CT molecular complexity index is 323. The standard InChI is InChI=1S/C10H10BrFO/c1-7-5-9(11)6-8(10(7)12)3-2-4-13/h4-6H,2-3H2,1H3. The van der Waals surface area contributed by atoms with Crippen LogP contribution in [0.3, 0.4) is 0 Å². The van der Waals surface area contributed by atoms with Crippen LogP contribution in [0.25, 0.3) is 0 Å². The molecular formula is C10H10BrFO. The van der Waals surface area contributed by atoms with Gasteiger partial charge in [0.05, 0.1) is 0 Å². The van der Waals surface area contributed by atoms with Gasteiger partial charge in [-0.05, 0) is 36.6 Å². The molecule has 0 spiro atoms. The van der Waals surface area contributed by atoms with E-state index in [-0.39, 0.29) is 5.82 Å². The Morgan fingerprint density at radius 3 is 2.85 bits per heavy atom. The highest BCUT2D eigenvalue weighted by atomic mass is 79.9. The highest BCUT2D eigenvalue weighted by molar-refractivity contribution is 9.10. The van der Waals surface area contributed by atoms with Gasteiger partial charge in [0.2, 0.25) is 0 Å². The van der Waals surface area contributed by atoms with Gasteiger partial charge in [0.1, 0.15) is 12.1 Å². The van der Waals surface area contributed by atoms with Crippen LogP contribution in [-0.2, 0) is 11.2 Å². The molecule has 0 bridgehead atoms. The third-order valence-electron chi connectivity index (χ3n) is 1.83. The summed E-state index contributed by atoms with van der Waals surface area (Å²) < 4.78 is 14.2. The van der Waals surface area contributed by atoms with Crippen molar-refractivity contribution in [3.63, 3.8) is 0 Å². The van der Waals surface area contributed by atoms with Gasteiger partial charge in [-0.1, -0.05) is 15.9 Å². The van der Waals surface area contributed by atoms with Gasteiger partial charge in [0.15, 0.2) is 0 Å². The Labute approximate surface area is 85.1 Å². The van der Waals surface area contributed by atoms with Crippen LogP contribution in [0.5, 0.6) is 0 Å². The largest absolute Gasteiger partial charge is 0.303 e. The van der Waals surface area contributed by atoms with Crippen LogP contribution in [0.2, 0.25) is 0 Å². The van der Waals surface area contributed by atoms with Crippen molar-refractivity contribution >= 4 is 22.2 Å². The lowest BCUT2D eigenvalue weighted by Gasteiger charge is -2.04. The van der Waals surface area contributed by atoms with E-state index >= 15 is 0 Å². The van der Waals surface area contributed by atoms with Crippen molar-refractivity contribution in [2.75, 3.05) is 0 Å². The second-order valence-electron chi connectivity index (χ2n) is 2.90. The smallest absolute Gasteiger partial charge is 0.129 e. The lowest BCUT2D eigenvalue weighted by atomic mass is 10.1. The van der Waals surface area contributed by atoms with Crippen LogP contribution in [-0.4, -0.2) is 6.29 Å². The Kier molecular flexibility index (Phi) is 3.60. The normalized spacial score (nSPS) is 10.1. The number of carbonyl (C=O) groups excluding carboxylic acids is 1. The number of aldehydes is 1. The summed E-state index contributed by atoms with van der Waals surface area (Å²) in [4.78, 5) is 10.1. The molecule has 0 fully saturated rings. The van der Waals surface area contributed by atoms with Crippen molar-refractivity contribution in [2.45, 2.75) is 19.8 Å². The van der Waals surface area contributed by atoms with Crippen LogP contribution in [0.15, 0.2) is 16.6 Å². The van der Waals surface area contributed by atoms with Gasteiger partial charge in [0.25, 0.3) is 0 Å². The quantitative estimate of drug-likeness (QED) is 0.748. The summed E-state index contributed by atoms with van der Waals surface area (Å²) in [6.45, 7) is 1.71. The summed E-state index contributed by atoms with van der Waals surface area (Å²) in [7, 11) is 0. The van der Waals surface area contributed by atoms with E-state index in [0.29, 0.717) is 24.0 Å². The monoisotopic (exact) mass is 244 g/mol. The highest BCUT2D eigenvalue weighted by Gasteiger charge is 2.06. The van der Waals surface area contributed by atoms with Crippen molar-refractivity contribution in [3.05, 3.63) is 33.5 Å². The lowest BCUT2D eigenvalue weighted by Crippen LogP contribution is -1.94. The molecule has 0 aromatic heterocycles. The van der Waals surface area contributed by atoms with E-state index in [4.69, 9.17) is 0 Å². The molecule has 0 saturated carbocycles. The van der Waals surface area contributed by atoms with E-state index in [9.17, 15) is 9.18 Å². The van der Waals surface area contributed by atoms with Gasteiger partial charge in [-0.25, -0.2) is 4.39 Å². The fourth-order valence-corrected chi connectivity index (χ4v) is 1.81. The number of halogens is 2. The molecule has 0 aliphatic carbocycles. The van der Waals surface area contributed by atoms with Crippen molar-refractivity contribution in [2.24, 2.45) is 0 Å². The maximum Gasteiger partial charge on any atom is 0.129 e. The second kappa shape index (κ2) is 4.51. The van der Waals surface area contributed by atoms with Crippen molar-refractivity contribution in [3.8, 4) is 0 Å². The minimum atomic E-state index is -0.204. The van der Waals surface area contributed by atoms with Crippen LogP contribution in [0.4, 0.5) is 4.39 Å². The van der Waals surface area contributed by atoms with Gasteiger partial charge in [-0.15, -0.1) is 0 Å². The molecule has 1 aromatic carbocycles. The summed E-state index contributed by atoms with van der Waals surface area (Å²) in [5.74, 6) is -0.204. The van der Waals surface area contributed by atoms with Crippen molar-refractivity contribution in [1.82, 2.24) is 0 Å².